The first-order valence-corrected chi connectivity index (χ1v) is 10.2. The average molecular weight is 440 g/mol. The van der Waals surface area contributed by atoms with Crippen LogP contribution in [0, 0.1) is 0 Å². The average Bonchev–Trinajstić information content (AvgIpc) is 2.91. The van der Waals surface area contributed by atoms with Gasteiger partial charge in [-0.3, -0.25) is 0 Å². The molecule has 1 radical (unpaired) electrons. The third-order valence-electron chi connectivity index (χ3n) is 3.03. The van der Waals surface area contributed by atoms with Gasteiger partial charge in [0.05, 0.1) is 0 Å². The van der Waals surface area contributed by atoms with Gasteiger partial charge < -0.3 is 0 Å². The van der Waals surface area contributed by atoms with Crippen LogP contribution in [0.4, 0.5) is 0 Å². The number of carbonyl (C=O) groups is 1. The summed E-state index contributed by atoms with van der Waals surface area (Å²) in [7, 11) is 1.54. The number of pyridine rings is 1. The molecule has 24 heavy (non-hydrogen) atoms. The van der Waals surface area contributed by atoms with Crippen LogP contribution in [0.1, 0.15) is 5.56 Å². The van der Waals surface area contributed by atoms with E-state index in [1.807, 2.05) is 6.07 Å². The Labute approximate surface area is 160 Å². The van der Waals surface area contributed by atoms with Gasteiger partial charge >= 0.3 is 160 Å². The Hall–Kier alpha value is -1.26. The molecule has 2 aromatic rings. The Morgan fingerprint density at radius 3 is 2.67 bits per heavy atom. The van der Waals surface area contributed by atoms with E-state index in [2.05, 4.69) is 9.98 Å². The molecule has 0 bridgehead atoms. The molecule has 0 N–H and O–H groups in total. The maximum absolute atomic E-state index is 12.2. The zero-order valence-corrected chi connectivity index (χ0v) is 16.6. The Balaban J connectivity index is 1.83. The quantitative estimate of drug-likeness (QED) is 0.541. The molecule has 0 unspecified atom stereocenters. The third-order valence-corrected chi connectivity index (χ3v) is 8.17. The number of halogens is 2. The Morgan fingerprint density at radius 1 is 1.21 bits per heavy atom. The molecule has 0 aliphatic carbocycles. The van der Waals surface area contributed by atoms with Crippen LogP contribution in [0.3, 0.4) is 0 Å². The summed E-state index contributed by atoms with van der Waals surface area (Å²) >= 11 is 13.2. The number of aliphatic imine (C=N–C) groups is 1. The number of methoxy groups -OCH3 is 1. The molecule has 1 aromatic heterocycles. The second kappa shape index (κ2) is 7.75. The first-order valence-electron chi connectivity index (χ1n) is 6.76. The number of hydrogen-bond donors (Lipinski definition) is 0. The van der Waals surface area contributed by atoms with E-state index in [-0.39, 0.29) is 5.91 Å². The van der Waals surface area contributed by atoms with Crippen LogP contribution in [0.25, 0.3) is 6.08 Å². The van der Waals surface area contributed by atoms with E-state index in [0.717, 1.165) is 13.7 Å². The third kappa shape index (κ3) is 3.86. The second-order valence-electron chi connectivity index (χ2n) is 4.59. The molecule has 2 heterocycles. The number of ether oxygens (including phenoxy) is 1. The number of carbonyl (C=O) groups excluding carboxylic acids is 1. The number of thioether (sulfide) groups is 1. The van der Waals surface area contributed by atoms with Crippen LogP contribution in [-0.2, 0) is 4.79 Å². The summed E-state index contributed by atoms with van der Waals surface area (Å²) in [6.45, 7) is 0. The number of rotatable bonds is 4. The molecule has 121 valence electrons. The van der Waals surface area contributed by atoms with E-state index < -0.39 is 15.8 Å². The van der Waals surface area contributed by atoms with Crippen molar-refractivity contribution in [3.05, 3.63) is 57.0 Å². The van der Waals surface area contributed by atoms with Crippen molar-refractivity contribution in [1.29, 1.82) is 0 Å². The van der Waals surface area contributed by atoms with E-state index in [1.54, 1.807) is 43.6 Å². The van der Waals surface area contributed by atoms with Crippen molar-refractivity contribution < 1.29 is 9.53 Å². The Bertz CT molecular complexity index is 851. The molecular formula is C16H10AsCl2N2O2S. The SMILES string of the molecule is COc1ncccc1C=C1SC([As]c2c(Cl)cccc2Cl)=NC1=O. The fourth-order valence-corrected chi connectivity index (χ4v) is 6.33. The van der Waals surface area contributed by atoms with Gasteiger partial charge in [-0.2, -0.15) is 0 Å². The normalized spacial score (nSPS) is 16.2. The molecule has 4 nitrogen and oxygen atoms in total. The van der Waals surface area contributed by atoms with Crippen LogP contribution in [0.5, 0.6) is 5.88 Å². The second-order valence-corrected chi connectivity index (χ2v) is 9.39. The van der Waals surface area contributed by atoms with Crippen molar-refractivity contribution in [1.82, 2.24) is 4.98 Å². The minimum absolute atomic E-state index is 0.264. The minimum atomic E-state index is -0.554. The molecule has 1 amide bonds. The van der Waals surface area contributed by atoms with Crippen LogP contribution in [0.15, 0.2) is 46.4 Å². The van der Waals surface area contributed by atoms with Crippen LogP contribution >= 0.6 is 35.0 Å². The molecule has 1 aromatic carbocycles. The van der Waals surface area contributed by atoms with Gasteiger partial charge in [0.2, 0.25) is 0 Å². The Kier molecular flexibility index (Phi) is 5.67. The summed E-state index contributed by atoms with van der Waals surface area (Å²) < 4.78 is 6.81. The number of nitrogens with zero attached hydrogens (tertiary/aromatic N) is 2. The van der Waals surface area contributed by atoms with Gasteiger partial charge in [-0.15, -0.1) is 0 Å². The van der Waals surface area contributed by atoms with E-state index in [9.17, 15) is 4.79 Å². The molecule has 0 saturated carbocycles. The van der Waals surface area contributed by atoms with E-state index in [1.165, 1.54) is 11.8 Å². The molecule has 8 heteroatoms. The summed E-state index contributed by atoms with van der Waals surface area (Å²) in [6, 6.07) is 9.00. The fourth-order valence-electron chi connectivity index (χ4n) is 1.96. The van der Waals surface area contributed by atoms with Crippen LogP contribution in [-0.4, -0.2) is 37.6 Å². The predicted molar refractivity (Wildman–Crippen MR) is 101 cm³/mol. The van der Waals surface area contributed by atoms with Crippen molar-refractivity contribution in [3.8, 4) is 5.88 Å². The molecule has 0 atom stereocenters. The number of aromatic nitrogens is 1. The van der Waals surface area contributed by atoms with Gasteiger partial charge in [-0.25, -0.2) is 0 Å². The molecule has 1 aliphatic heterocycles. The van der Waals surface area contributed by atoms with Crippen LogP contribution < -0.4 is 9.09 Å². The van der Waals surface area contributed by atoms with Gasteiger partial charge in [0.25, 0.3) is 0 Å². The van der Waals surface area contributed by atoms with Gasteiger partial charge in [-0.1, -0.05) is 0 Å². The predicted octanol–water partition coefficient (Wildman–Crippen LogP) is 3.40. The first kappa shape index (κ1) is 17.6. The fraction of sp³-hybridized carbons (Fsp3) is 0.0625. The summed E-state index contributed by atoms with van der Waals surface area (Å²) in [5, 5.41) is 1.20. The molecule has 0 saturated heterocycles. The maximum atomic E-state index is 12.2. The van der Waals surface area contributed by atoms with Crippen molar-refractivity contribution in [2.45, 2.75) is 0 Å². The van der Waals surface area contributed by atoms with Crippen molar-refractivity contribution in [3.63, 3.8) is 0 Å². The van der Waals surface area contributed by atoms with Crippen LogP contribution in [0.2, 0.25) is 10.0 Å². The summed E-state index contributed by atoms with van der Waals surface area (Å²) in [4.78, 5) is 21.0. The van der Waals surface area contributed by atoms with E-state index in [4.69, 9.17) is 27.9 Å². The molecule has 0 fully saturated rings. The van der Waals surface area contributed by atoms with Crippen molar-refractivity contribution >= 4 is 70.9 Å². The van der Waals surface area contributed by atoms with Gasteiger partial charge in [-0.05, 0) is 0 Å². The first-order chi connectivity index (χ1) is 11.6. The standard InChI is InChI=1S/C16H10AsCl2N2O2S/c1-23-15-9(4-3-7-20-15)8-12-14(22)21-16(24-12)17-13-10(18)5-2-6-11(13)19/h2-8H,1H3. The monoisotopic (exact) mass is 439 g/mol. The molecule has 0 spiro atoms. The number of benzene rings is 1. The zero-order chi connectivity index (χ0) is 17.1. The van der Waals surface area contributed by atoms with Crippen molar-refractivity contribution in [2.75, 3.05) is 7.11 Å². The summed E-state index contributed by atoms with van der Waals surface area (Å²) in [5.41, 5.74) is 0.735. The molecular weight excluding hydrogens is 430 g/mol. The number of hydrogen-bond acceptors (Lipinski definition) is 4. The summed E-state index contributed by atoms with van der Waals surface area (Å²) in [6.07, 6.45) is 3.38. The molecule has 1 aliphatic rings. The van der Waals surface area contributed by atoms with Gasteiger partial charge in [0.15, 0.2) is 0 Å². The summed E-state index contributed by atoms with van der Waals surface area (Å²) in [5.74, 6) is 0.202. The number of amides is 1. The van der Waals surface area contributed by atoms with E-state index >= 15 is 0 Å². The molecule has 3 rings (SSSR count). The van der Waals surface area contributed by atoms with Gasteiger partial charge in [0.1, 0.15) is 0 Å². The van der Waals surface area contributed by atoms with Gasteiger partial charge in [0, 0.05) is 0 Å². The topological polar surface area (TPSA) is 51.6 Å². The van der Waals surface area contributed by atoms with Crippen molar-refractivity contribution in [2.24, 2.45) is 4.99 Å². The zero-order valence-electron chi connectivity index (χ0n) is 12.4. The Morgan fingerprint density at radius 2 is 1.96 bits per heavy atom. The van der Waals surface area contributed by atoms with E-state index in [0.29, 0.717) is 20.8 Å².